The van der Waals surface area contributed by atoms with Crippen LogP contribution in [0.15, 0.2) is 0 Å². The first-order chi connectivity index (χ1) is 5.48. The van der Waals surface area contributed by atoms with Gasteiger partial charge >= 0.3 is 5.97 Å². The first kappa shape index (κ1) is 9.34. The minimum absolute atomic E-state index is 0.0950. The van der Waals surface area contributed by atoms with E-state index in [1.54, 1.807) is 0 Å². The van der Waals surface area contributed by atoms with Crippen LogP contribution >= 0.6 is 0 Å². The fraction of sp³-hybridized carbons (Fsp3) is 0.833. The lowest BCUT2D eigenvalue weighted by molar-refractivity contribution is -0.155. The average Bonchev–Trinajstić information content (AvgIpc) is 2.32. The Morgan fingerprint density at radius 3 is 2.58 bits per heavy atom. The number of hydrogen-bond donors (Lipinski definition) is 3. The topological polar surface area (TPSA) is 69.6 Å². The van der Waals surface area contributed by atoms with Crippen LogP contribution in [0.4, 0.5) is 8.78 Å². The Hall–Kier alpha value is -0.750. The number of carbonyl (C=O) groups is 1. The van der Waals surface area contributed by atoms with Gasteiger partial charge in [-0.05, 0) is 13.0 Å². The van der Waals surface area contributed by atoms with Crippen molar-refractivity contribution in [1.29, 1.82) is 0 Å². The van der Waals surface area contributed by atoms with Crippen molar-refractivity contribution in [3.05, 3.63) is 0 Å². The predicted octanol–water partition coefficient (Wildman–Crippen LogP) is -0.571. The molecule has 0 aliphatic carbocycles. The van der Waals surface area contributed by atoms with Gasteiger partial charge in [0.2, 0.25) is 0 Å². The fourth-order valence-corrected chi connectivity index (χ4v) is 1.27. The summed E-state index contributed by atoms with van der Waals surface area (Å²) in [7, 11) is 0. The molecule has 0 amide bonds. The molecule has 70 valence electrons. The number of carboxylic acid groups (broad SMARTS) is 1. The monoisotopic (exact) mass is 181 g/mol. The van der Waals surface area contributed by atoms with Gasteiger partial charge in [-0.1, -0.05) is 0 Å². The lowest BCUT2D eigenvalue weighted by atomic mass is 9.96. The summed E-state index contributed by atoms with van der Waals surface area (Å²) >= 11 is 0. The van der Waals surface area contributed by atoms with E-state index in [1.807, 2.05) is 0 Å². The molecule has 0 aromatic rings. The molecule has 0 unspecified atom stereocenters. The van der Waals surface area contributed by atoms with Crippen LogP contribution in [-0.2, 0) is 4.79 Å². The van der Waals surface area contributed by atoms with Gasteiger partial charge in [0.05, 0.1) is 0 Å². The molecule has 1 heterocycles. The summed E-state index contributed by atoms with van der Waals surface area (Å²) in [5.74, 6) is -1.45. The van der Waals surface area contributed by atoms with Crippen molar-refractivity contribution in [3.8, 4) is 0 Å². The summed E-state index contributed by atoms with van der Waals surface area (Å²) in [6.45, 7) is 0.0950. The second kappa shape index (κ2) is 2.95. The largest absolute Gasteiger partial charge is 0.480 e. The lowest BCUT2D eigenvalue weighted by Gasteiger charge is -2.25. The van der Waals surface area contributed by atoms with Gasteiger partial charge in [-0.3, -0.25) is 4.79 Å². The Morgan fingerprint density at radius 2 is 2.25 bits per heavy atom. The molecule has 4 nitrogen and oxygen atoms in total. The molecule has 1 rings (SSSR count). The quantitative estimate of drug-likeness (QED) is 0.533. The zero-order chi connectivity index (χ0) is 9.35. The third-order valence-electron chi connectivity index (χ3n) is 2.00. The van der Waals surface area contributed by atoms with Crippen LogP contribution in [0.3, 0.4) is 0 Å². The lowest BCUT2D eigenvalue weighted by Crippen LogP contribution is -2.52. The van der Waals surface area contributed by atoms with E-state index >= 15 is 0 Å². The van der Waals surface area contributed by atoms with Crippen LogP contribution in [0, 0.1) is 0 Å². The smallest absolute Gasteiger partial charge is 0.323 e. The minimum Gasteiger partial charge on any atom is -0.480 e. The third kappa shape index (κ3) is 1.27. The highest BCUT2D eigenvalue weighted by Crippen LogP contribution is 2.28. The standard InChI is InChI=1S/C6H9F2NO3/c7-5(8)6(12)1-2-9-3(6)4(10)11/h3,5,9,12H,1-2H2,(H,10,11)/t3-,6+/m0/s1. The molecular weight excluding hydrogens is 172 g/mol. The maximum Gasteiger partial charge on any atom is 0.323 e. The summed E-state index contributed by atoms with van der Waals surface area (Å²) in [6.07, 6.45) is -3.27. The van der Waals surface area contributed by atoms with E-state index in [9.17, 15) is 18.7 Å². The maximum absolute atomic E-state index is 12.2. The molecule has 1 aliphatic rings. The molecule has 3 N–H and O–H groups in total. The van der Waals surface area contributed by atoms with Crippen LogP contribution in [0.1, 0.15) is 6.42 Å². The van der Waals surface area contributed by atoms with Gasteiger partial charge in [0.1, 0.15) is 6.04 Å². The number of aliphatic hydroxyl groups is 1. The van der Waals surface area contributed by atoms with Gasteiger partial charge in [-0.15, -0.1) is 0 Å². The van der Waals surface area contributed by atoms with E-state index in [0.717, 1.165) is 0 Å². The van der Waals surface area contributed by atoms with Crippen molar-refractivity contribution in [3.63, 3.8) is 0 Å². The van der Waals surface area contributed by atoms with Gasteiger partial charge in [0, 0.05) is 0 Å². The highest BCUT2D eigenvalue weighted by molar-refractivity contribution is 5.75. The fourth-order valence-electron chi connectivity index (χ4n) is 1.27. The summed E-state index contributed by atoms with van der Waals surface area (Å²) < 4.78 is 24.4. The summed E-state index contributed by atoms with van der Waals surface area (Å²) in [5.41, 5.74) is -2.41. The van der Waals surface area contributed by atoms with Crippen molar-refractivity contribution < 1.29 is 23.8 Å². The second-order valence-electron chi connectivity index (χ2n) is 2.77. The molecule has 0 bridgehead atoms. The Morgan fingerprint density at radius 1 is 1.67 bits per heavy atom. The molecule has 2 atom stereocenters. The Kier molecular flexibility index (Phi) is 2.29. The van der Waals surface area contributed by atoms with Crippen LogP contribution < -0.4 is 5.32 Å². The summed E-state index contributed by atoms with van der Waals surface area (Å²) in [6, 6.07) is -1.56. The molecule has 0 saturated carbocycles. The second-order valence-corrected chi connectivity index (χ2v) is 2.77. The summed E-state index contributed by atoms with van der Waals surface area (Å²) in [5, 5.41) is 19.9. The Bertz CT molecular complexity index is 199. The highest BCUT2D eigenvalue weighted by Gasteiger charge is 2.52. The summed E-state index contributed by atoms with van der Waals surface area (Å²) in [4.78, 5) is 10.4. The van der Waals surface area contributed by atoms with Crippen LogP contribution in [0.25, 0.3) is 0 Å². The van der Waals surface area contributed by atoms with Crippen molar-refractivity contribution in [2.45, 2.75) is 24.5 Å². The van der Waals surface area contributed by atoms with Gasteiger partial charge < -0.3 is 15.5 Å². The van der Waals surface area contributed by atoms with Crippen molar-refractivity contribution in [2.75, 3.05) is 6.54 Å². The first-order valence-electron chi connectivity index (χ1n) is 3.45. The van der Waals surface area contributed by atoms with E-state index in [0.29, 0.717) is 0 Å². The average molecular weight is 181 g/mol. The molecule has 0 radical (unpaired) electrons. The number of alkyl halides is 2. The van der Waals surface area contributed by atoms with Crippen molar-refractivity contribution in [2.24, 2.45) is 0 Å². The van der Waals surface area contributed by atoms with E-state index in [4.69, 9.17) is 5.11 Å². The molecule has 1 aliphatic heterocycles. The number of nitrogens with one attached hydrogen (secondary N) is 1. The number of halogens is 2. The van der Waals surface area contributed by atoms with Crippen LogP contribution in [0.5, 0.6) is 0 Å². The zero-order valence-electron chi connectivity index (χ0n) is 6.13. The number of aliphatic carboxylic acids is 1. The molecule has 0 aromatic heterocycles. The van der Waals surface area contributed by atoms with Gasteiger partial charge in [-0.25, -0.2) is 8.78 Å². The Balaban J connectivity index is 2.81. The number of hydrogen-bond acceptors (Lipinski definition) is 3. The molecule has 12 heavy (non-hydrogen) atoms. The number of carboxylic acids is 1. The van der Waals surface area contributed by atoms with Crippen LogP contribution in [-0.4, -0.2) is 40.8 Å². The number of rotatable bonds is 2. The van der Waals surface area contributed by atoms with Crippen molar-refractivity contribution >= 4 is 5.97 Å². The van der Waals surface area contributed by atoms with Crippen molar-refractivity contribution in [1.82, 2.24) is 5.32 Å². The third-order valence-corrected chi connectivity index (χ3v) is 2.00. The molecular formula is C6H9F2NO3. The van der Waals surface area contributed by atoms with E-state index in [-0.39, 0.29) is 13.0 Å². The predicted molar refractivity (Wildman–Crippen MR) is 35.0 cm³/mol. The molecule has 6 heteroatoms. The maximum atomic E-state index is 12.2. The Labute approximate surface area is 67.2 Å². The van der Waals surface area contributed by atoms with Gasteiger partial charge in [0.15, 0.2) is 5.60 Å². The SMILES string of the molecule is O=C(O)[C@@H]1NCC[C@]1(O)C(F)F. The van der Waals surface area contributed by atoms with Crippen LogP contribution in [0.2, 0.25) is 0 Å². The minimum atomic E-state index is -3.03. The molecule has 1 saturated heterocycles. The molecule has 0 spiro atoms. The first-order valence-corrected chi connectivity index (χ1v) is 3.45. The molecule has 0 aromatic carbocycles. The highest BCUT2D eigenvalue weighted by atomic mass is 19.3. The van der Waals surface area contributed by atoms with E-state index < -0.39 is 24.0 Å². The van der Waals surface area contributed by atoms with Gasteiger partial charge in [0.25, 0.3) is 6.43 Å². The molecule has 1 fully saturated rings. The van der Waals surface area contributed by atoms with E-state index in [1.165, 1.54) is 0 Å². The van der Waals surface area contributed by atoms with Gasteiger partial charge in [-0.2, -0.15) is 0 Å². The normalized spacial score (nSPS) is 35.8. The zero-order valence-corrected chi connectivity index (χ0v) is 6.13. The van der Waals surface area contributed by atoms with E-state index in [2.05, 4.69) is 5.32 Å².